The highest BCUT2D eigenvalue weighted by atomic mass is 32.2. The Balaban J connectivity index is 2.68. The van der Waals surface area contributed by atoms with E-state index in [0.29, 0.717) is 10.6 Å². The third-order valence-electron chi connectivity index (χ3n) is 2.03. The quantitative estimate of drug-likeness (QED) is 0.358. The molecule has 1 heterocycles. The Hall–Kier alpha value is -1.30. The molecule has 88 valence electrons. The van der Waals surface area contributed by atoms with Crippen LogP contribution in [-0.2, 0) is 0 Å². The number of nitrogens with two attached hydrogens (primary N) is 1. The maximum Gasteiger partial charge on any atom is 0.377 e. The molecule has 0 amide bonds. The Morgan fingerprint density at radius 1 is 1.56 bits per heavy atom. The molecule has 0 spiro atoms. The molecule has 16 heavy (non-hydrogen) atoms. The summed E-state index contributed by atoms with van der Waals surface area (Å²) in [5.41, 5.74) is 6.02. The molecule has 0 fully saturated rings. The Kier molecular flexibility index (Phi) is 5.04. The maximum atomic E-state index is 10.7. The van der Waals surface area contributed by atoms with E-state index >= 15 is 0 Å². The summed E-state index contributed by atoms with van der Waals surface area (Å²) in [7, 11) is 0. The number of pyridine rings is 1. The van der Waals surface area contributed by atoms with Crippen LogP contribution in [0.2, 0.25) is 0 Å². The van der Waals surface area contributed by atoms with Crippen LogP contribution in [0.4, 0.5) is 11.5 Å². The molecule has 5 nitrogen and oxygen atoms in total. The van der Waals surface area contributed by atoms with E-state index in [1.807, 2.05) is 0 Å². The van der Waals surface area contributed by atoms with Crippen LogP contribution in [0.1, 0.15) is 26.2 Å². The molecule has 0 aliphatic carbocycles. The van der Waals surface area contributed by atoms with Gasteiger partial charge >= 0.3 is 5.82 Å². The summed E-state index contributed by atoms with van der Waals surface area (Å²) in [5, 5.41) is 10.7. The maximum absolute atomic E-state index is 10.7. The molecule has 1 aromatic rings. The van der Waals surface area contributed by atoms with Gasteiger partial charge in [0.05, 0.1) is 5.69 Å². The van der Waals surface area contributed by atoms with Crippen molar-refractivity contribution in [3.63, 3.8) is 0 Å². The van der Waals surface area contributed by atoms with Gasteiger partial charge in [0.25, 0.3) is 0 Å². The number of thioether (sulfide) groups is 1. The molecule has 0 bridgehead atoms. The van der Waals surface area contributed by atoms with Crippen molar-refractivity contribution in [2.75, 3.05) is 11.5 Å². The highest BCUT2D eigenvalue weighted by Crippen LogP contribution is 2.29. The molecular formula is C10H15N3O2S. The first-order valence-corrected chi connectivity index (χ1v) is 6.16. The number of hydrogen-bond acceptors (Lipinski definition) is 5. The van der Waals surface area contributed by atoms with Crippen molar-refractivity contribution in [1.29, 1.82) is 0 Å². The second-order valence-electron chi connectivity index (χ2n) is 3.40. The van der Waals surface area contributed by atoms with E-state index in [4.69, 9.17) is 5.73 Å². The van der Waals surface area contributed by atoms with Crippen LogP contribution in [0.25, 0.3) is 0 Å². The molecule has 0 radical (unpaired) electrons. The van der Waals surface area contributed by atoms with Gasteiger partial charge in [-0.3, -0.25) is 0 Å². The van der Waals surface area contributed by atoms with E-state index in [0.717, 1.165) is 25.0 Å². The number of aromatic nitrogens is 1. The fourth-order valence-electron chi connectivity index (χ4n) is 1.23. The van der Waals surface area contributed by atoms with Gasteiger partial charge < -0.3 is 15.8 Å². The number of nitrogens with zero attached hydrogens (tertiary/aromatic N) is 2. The van der Waals surface area contributed by atoms with Gasteiger partial charge in [0.15, 0.2) is 6.20 Å². The SMILES string of the molecule is CCCCCSc1cc(N)cnc1[N+](=O)[O-]. The third kappa shape index (κ3) is 3.69. The Morgan fingerprint density at radius 2 is 2.31 bits per heavy atom. The average molecular weight is 241 g/mol. The monoisotopic (exact) mass is 241 g/mol. The Labute approximate surface area is 98.6 Å². The zero-order chi connectivity index (χ0) is 12.0. The second kappa shape index (κ2) is 6.32. The van der Waals surface area contributed by atoms with Gasteiger partial charge in [-0.25, -0.2) is 0 Å². The predicted octanol–water partition coefficient (Wildman–Crippen LogP) is 2.85. The fourth-order valence-corrected chi connectivity index (χ4v) is 2.27. The van der Waals surface area contributed by atoms with Gasteiger partial charge in [-0.05, 0) is 28.1 Å². The highest BCUT2D eigenvalue weighted by Gasteiger charge is 2.15. The summed E-state index contributed by atoms with van der Waals surface area (Å²) in [6.07, 6.45) is 4.63. The van der Waals surface area contributed by atoms with Crippen LogP contribution < -0.4 is 5.73 Å². The van der Waals surface area contributed by atoms with E-state index < -0.39 is 4.92 Å². The molecule has 0 aliphatic heterocycles. The van der Waals surface area contributed by atoms with Crippen LogP contribution in [0.15, 0.2) is 17.2 Å². The van der Waals surface area contributed by atoms with Gasteiger partial charge in [-0.2, -0.15) is 0 Å². The number of unbranched alkanes of at least 4 members (excludes halogenated alkanes) is 2. The molecule has 0 aliphatic rings. The van der Waals surface area contributed by atoms with Crippen molar-refractivity contribution in [3.05, 3.63) is 22.4 Å². The summed E-state index contributed by atoms with van der Waals surface area (Å²) < 4.78 is 0. The van der Waals surface area contributed by atoms with Crippen molar-refractivity contribution in [2.24, 2.45) is 0 Å². The Bertz CT molecular complexity index is 371. The van der Waals surface area contributed by atoms with Gasteiger partial charge in [0.1, 0.15) is 4.90 Å². The average Bonchev–Trinajstić information content (AvgIpc) is 2.24. The summed E-state index contributed by atoms with van der Waals surface area (Å²) >= 11 is 1.45. The van der Waals surface area contributed by atoms with Crippen LogP contribution in [-0.4, -0.2) is 15.7 Å². The van der Waals surface area contributed by atoms with Crippen molar-refractivity contribution < 1.29 is 4.92 Å². The first-order valence-electron chi connectivity index (χ1n) is 5.18. The zero-order valence-electron chi connectivity index (χ0n) is 9.18. The summed E-state index contributed by atoms with van der Waals surface area (Å²) in [6.45, 7) is 2.12. The summed E-state index contributed by atoms with van der Waals surface area (Å²) in [6, 6.07) is 1.61. The third-order valence-corrected chi connectivity index (χ3v) is 3.14. The Morgan fingerprint density at radius 3 is 2.94 bits per heavy atom. The molecule has 6 heteroatoms. The molecule has 2 N–H and O–H groups in total. The lowest BCUT2D eigenvalue weighted by molar-refractivity contribution is -0.392. The molecular weight excluding hydrogens is 226 g/mol. The summed E-state index contributed by atoms with van der Waals surface area (Å²) in [5.74, 6) is 0.760. The van der Waals surface area contributed by atoms with Crippen LogP contribution in [0.3, 0.4) is 0 Å². The predicted molar refractivity (Wildman–Crippen MR) is 65.6 cm³/mol. The lowest BCUT2D eigenvalue weighted by atomic mass is 10.3. The number of anilines is 1. The van der Waals surface area contributed by atoms with Crippen molar-refractivity contribution in [3.8, 4) is 0 Å². The number of rotatable bonds is 6. The largest absolute Gasteiger partial charge is 0.396 e. The van der Waals surface area contributed by atoms with Gasteiger partial charge in [0, 0.05) is 0 Å². The van der Waals surface area contributed by atoms with Crippen LogP contribution in [0, 0.1) is 10.1 Å². The van der Waals surface area contributed by atoms with Crippen molar-refractivity contribution in [2.45, 2.75) is 31.1 Å². The van der Waals surface area contributed by atoms with Crippen LogP contribution >= 0.6 is 11.8 Å². The van der Waals surface area contributed by atoms with Gasteiger partial charge in [0.2, 0.25) is 0 Å². The number of hydrogen-bond donors (Lipinski definition) is 1. The van der Waals surface area contributed by atoms with Crippen LogP contribution in [0.5, 0.6) is 0 Å². The van der Waals surface area contributed by atoms with Gasteiger partial charge in [-0.15, -0.1) is 11.8 Å². The second-order valence-corrected chi connectivity index (χ2v) is 4.54. The molecule has 0 saturated carbocycles. The molecule has 1 rings (SSSR count). The van der Waals surface area contributed by atoms with E-state index in [1.54, 1.807) is 6.07 Å². The minimum absolute atomic E-state index is 0.101. The minimum atomic E-state index is -0.471. The lowest BCUT2D eigenvalue weighted by Crippen LogP contribution is -1.97. The molecule has 1 aromatic heterocycles. The zero-order valence-corrected chi connectivity index (χ0v) is 10.00. The number of nitrogen functional groups attached to an aromatic ring is 1. The summed E-state index contributed by atoms with van der Waals surface area (Å²) in [4.78, 5) is 14.5. The molecule has 0 aromatic carbocycles. The standard InChI is InChI=1S/C10H15N3O2S/c1-2-3-4-5-16-9-6-8(11)7-12-10(9)13(14)15/h6-7H,2-5,11H2,1H3. The van der Waals surface area contributed by atoms with E-state index in [9.17, 15) is 10.1 Å². The first kappa shape index (κ1) is 12.8. The molecule has 0 atom stereocenters. The van der Waals surface area contributed by atoms with E-state index in [-0.39, 0.29) is 5.82 Å². The topological polar surface area (TPSA) is 82.0 Å². The first-order chi connectivity index (χ1) is 7.65. The molecule has 0 saturated heterocycles. The van der Waals surface area contributed by atoms with Crippen molar-refractivity contribution >= 4 is 23.3 Å². The minimum Gasteiger partial charge on any atom is -0.396 e. The smallest absolute Gasteiger partial charge is 0.377 e. The number of nitro groups is 1. The van der Waals surface area contributed by atoms with Crippen molar-refractivity contribution in [1.82, 2.24) is 4.98 Å². The van der Waals surface area contributed by atoms with E-state index in [2.05, 4.69) is 11.9 Å². The lowest BCUT2D eigenvalue weighted by Gasteiger charge is -2.02. The van der Waals surface area contributed by atoms with E-state index in [1.165, 1.54) is 18.0 Å². The highest BCUT2D eigenvalue weighted by molar-refractivity contribution is 7.99. The van der Waals surface area contributed by atoms with Gasteiger partial charge in [-0.1, -0.05) is 19.8 Å². The normalized spacial score (nSPS) is 10.3. The molecule has 0 unspecified atom stereocenters. The fraction of sp³-hybridized carbons (Fsp3) is 0.500.